The van der Waals surface area contributed by atoms with Gasteiger partial charge < -0.3 is 0 Å². The highest BCUT2D eigenvalue weighted by Crippen LogP contribution is 2.27. The predicted molar refractivity (Wildman–Crippen MR) is 122 cm³/mol. The number of rotatable bonds is 13. The monoisotopic (exact) mass is 382 g/mol. The molecular weight excluding hydrogens is 343 g/mol. The van der Waals surface area contributed by atoms with Crippen LogP contribution in [-0.4, -0.2) is 6.17 Å². The predicted octanol–water partition coefficient (Wildman–Crippen LogP) is 8.89. The standard InChI is InChI=1S/C27H39F/c1-4-6-8-10-12-27(28)21-22(3)24-17-19-26(20-18-24)25-15-13-23(14-16-25)11-9-7-5-2/h13-20,22,27H,4-12,21H2,1-3H3. The molecule has 2 unspecified atom stereocenters. The van der Waals surface area contributed by atoms with E-state index in [9.17, 15) is 4.39 Å². The van der Waals surface area contributed by atoms with Gasteiger partial charge in [-0.25, -0.2) is 4.39 Å². The molecule has 0 N–H and O–H groups in total. The third-order valence-corrected chi connectivity index (χ3v) is 5.82. The summed E-state index contributed by atoms with van der Waals surface area (Å²) in [5, 5.41) is 0. The molecule has 0 aliphatic carbocycles. The van der Waals surface area contributed by atoms with Crippen molar-refractivity contribution in [1.29, 1.82) is 0 Å². The Morgan fingerprint density at radius 3 is 1.89 bits per heavy atom. The molecule has 2 aromatic carbocycles. The van der Waals surface area contributed by atoms with Gasteiger partial charge in [-0.15, -0.1) is 0 Å². The minimum atomic E-state index is -0.674. The zero-order chi connectivity index (χ0) is 20.2. The van der Waals surface area contributed by atoms with Gasteiger partial charge >= 0.3 is 0 Å². The number of aryl methyl sites for hydroxylation is 1. The van der Waals surface area contributed by atoms with E-state index in [1.54, 1.807) is 0 Å². The van der Waals surface area contributed by atoms with E-state index in [0.717, 1.165) is 12.8 Å². The summed E-state index contributed by atoms with van der Waals surface area (Å²) in [4.78, 5) is 0. The molecule has 0 spiro atoms. The zero-order valence-corrected chi connectivity index (χ0v) is 18.2. The summed E-state index contributed by atoms with van der Waals surface area (Å²) < 4.78 is 14.3. The molecule has 0 bridgehead atoms. The van der Waals surface area contributed by atoms with Gasteiger partial charge in [-0.1, -0.05) is 108 Å². The molecule has 0 heterocycles. The van der Waals surface area contributed by atoms with Crippen LogP contribution in [0.5, 0.6) is 0 Å². The molecule has 0 radical (unpaired) electrons. The Bertz CT molecular complexity index is 641. The van der Waals surface area contributed by atoms with Crippen molar-refractivity contribution in [3.8, 4) is 11.1 Å². The highest BCUT2D eigenvalue weighted by atomic mass is 19.1. The lowest BCUT2D eigenvalue weighted by molar-refractivity contribution is 0.274. The van der Waals surface area contributed by atoms with Crippen molar-refractivity contribution in [3.63, 3.8) is 0 Å². The average molecular weight is 383 g/mol. The second kappa shape index (κ2) is 12.8. The molecular formula is C27H39F. The Morgan fingerprint density at radius 2 is 1.29 bits per heavy atom. The molecule has 0 aromatic heterocycles. The fourth-order valence-electron chi connectivity index (χ4n) is 3.88. The number of hydrogen-bond donors (Lipinski definition) is 0. The van der Waals surface area contributed by atoms with Crippen LogP contribution in [0, 0.1) is 0 Å². The summed E-state index contributed by atoms with van der Waals surface area (Å²) >= 11 is 0. The molecule has 0 aliphatic rings. The summed E-state index contributed by atoms with van der Waals surface area (Å²) in [7, 11) is 0. The van der Waals surface area contributed by atoms with Gasteiger partial charge in [0, 0.05) is 0 Å². The first-order valence-electron chi connectivity index (χ1n) is 11.5. The molecule has 1 heteroatoms. The minimum absolute atomic E-state index is 0.274. The van der Waals surface area contributed by atoms with E-state index in [-0.39, 0.29) is 5.92 Å². The quantitative estimate of drug-likeness (QED) is 0.303. The molecule has 0 saturated carbocycles. The largest absolute Gasteiger partial charge is 0.247 e. The maximum Gasteiger partial charge on any atom is 0.101 e. The smallest absolute Gasteiger partial charge is 0.101 e. The second-order valence-electron chi connectivity index (χ2n) is 8.36. The fraction of sp³-hybridized carbons (Fsp3) is 0.556. The Hall–Kier alpha value is -1.63. The zero-order valence-electron chi connectivity index (χ0n) is 18.2. The third kappa shape index (κ3) is 7.78. The van der Waals surface area contributed by atoms with E-state index in [4.69, 9.17) is 0 Å². The number of hydrogen-bond acceptors (Lipinski definition) is 0. The van der Waals surface area contributed by atoms with Crippen LogP contribution in [0.3, 0.4) is 0 Å². The lowest BCUT2D eigenvalue weighted by atomic mass is 9.92. The van der Waals surface area contributed by atoms with Gasteiger partial charge in [0.25, 0.3) is 0 Å². The van der Waals surface area contributed by atoms with Crippen LogP contribution in [0.4, 0.5) is 4.39 Å². The average Bonchev–Trinajstić information content (AvgIpc) is 2.72. The van der Waals surface area contributed by atoms with Crippen molar-refractivity contribution >= 4 is 0 Å². The minimum Gasteiger partial charge on any atom is -0.247 e. The Morgan fingerprint density at radius 1 is 0.714 bits per heavy atom. The van der Waals surface area contributed by atoms with E-state index >= 15 is 0 Å². The summed E-state index contributed by atoms with van der Waals surface area (Å²) in [6.45, 7) is 6.59. The summed E-state index contributed by atoms with van der Waals surface area (Å²) in [5.41, 5.74) is 5.18. The summed E-state index contributed by atoms with van der Waals surface area (Å²) in [5.74, 6) is 0.274. The number of benzene rings is 2. The van der Waals surface area contributed by atoms with Crippen LogP contribution in [-0.2, 0) is 6.42 Å². The first-order valence-corrected chi connectivity index (χ1v) is 11.5. The molecule has 154 valence electrons. The Balaban J connectivity index is 1.86. The molecule has 0 aliphatic heterocycles. The van der Waals surface area contributed by atoms with Gasteiger partial charge in [-0.2, -0.15) is 0 Å². The van der Waals surface area contributed by atoms with Crippen molar-refractivity contribution < 1.29 is 4.39 Å². The van der Waals surface area contributed by atoms with E-state index in [1.807, 2.05) is 0 Å². The van der Waals surface area contributed by atoms with Gasteiger partial charge in [0.15, 0.2) is 0 Å². The van der Waals surface area contributed by atoms with Crippen LogP contribution < -0.4 is 0 Å². The molecule has 0 nitrogen and oxygen atoms in total. The van der Waals surface area contributed by atoms with Gasteiger partial charge in [0.1, 0.15) is 6.17 Å². The van der Waals surface area contributed by atoms with Gasteiger partial charge in [-0.05, 0) is 53.9 Å². The van der Waals surface area contributed by atoms with Crippen LogP contribution >= 0.6 is 0 Å². The van der Waals surface area contributed by atoms with Crippen molar-refractivity contribution in [2.24, 2.45) is 0 Å². The number of halogens is 1. The van der Waals surface area contributed by atoms with Crippen LogP contribution in [0.15, 0.2) is 48.5 Å². The van der Waals surface area contributed by atoms with Gasteiger partial charge in [0.2, 0.25) is 0 Å². The highest BCUT2D eigenvalue weighted by molar-refractivity contribution is 5.64. The highest BCUT2D eigenvalue weighted by Gasteiger charge is 2.13. The van der Waals surface area contributed by atoms with Crippen molar-refractivity contribution in [1.82, 2.24) is 0 Å². The van der Waals surface area contributed by atoms with Crippen LogP contribution in [0.25, 0.3) is 11.1 Å². The first kappa shape index (κ1) is 22.7. The van der Waals surface area contributed by atoms with Gasteiger partial charge in [0.05, 0.1) is 0 Å². The van der Waals surface area contributed by atoms with Gasteiger partial charge in [-0.3, -0.25) is 0 Å². The molecule has 0 fully saturated rings. The molecule has 0 amide bonds. The van der Waals surface area contributed by atoms with E-state index < -0.39 is 6.17 Å². The Kier molecular flexibility index (Phi) is 10.3. The topological polar surface area (TPSA) is 0 Å². The normalized spacial score (nSPS) is 13.4. The second-order valence-corrected chi connectivity index (χ2v) is 8.36. The van der Waals surface area contributed by atoms with E-state index in [2.05, 4.69) is 69.3 Å². The molecule has 2 rings (SSSR count). The Labute approximate surface area is 172 Å². The lowest BCUT2D eigenvalue weighted by Crippen LogP contribution is -2.06. The number of unbranched alkanes of at least 4 members (excludes halogenated alkanes) is 5. The lowest BCUT2D eigenvalue weighted by Gasteiger charge is -2.16. The maximum atomic E-state index is 14.3. The molecule has 0 saturated heterocycles. The van der Waals surface area contributed by atoms with Crippen LogP contribution in [0.2, 0.25) is 0 Å². The summed E-state index contributed by atoms with van der Waals surface area (Å²) in [6, 6.07) is 17.7. The maximum absolute atomic E-state index is 14.3. The first-order chi connectivity index (χ1) is 13.6. The van der Waals surface area contributed by atoms with Crippen molar-refractivity contribution in [2.45, 2.75) is 97.1 Å². The van der Waals surface area contributed by atoms with E-state index in [1.165, 1.54) is 60.8 Å². The SMILES string of the molecule is CCCCCCC(F)CC(C)c1ccc(-c2ccc(CCCCC)cc2)cc1. The molecule has 2 aromatic rings. The fourth-order valence-corrected chi connectivity index (χ4v) is 3.88. The van der Waals surface area contributed by atoms with Crippen molar-refractivity contribution in [3.05, 3.63) is 59.7 Å². The number of alkyl halides is 1. The molecule has 28 heavy (non-hydrogen) atoms. The van der Waals surface area contributed by atoms with Crippen LogP contribution in [0.1, 0.15) is 95.6 Å². The third-order valence-electron chi connectivity index (χ3n) is 5.82. The molecule has 2 atom stereocenters. The summed E-state index contributed by atoms with van der Waals surface area (Å²) in [6.07, 6.45) is 10.3. The van der Waals surface area contributed by atoms with Crippen molar-refractivity contribution in [2.75, 3.05) is 0 Å². The van der Waals surface area contributed by atoms with E-state index in [0.29, 0.717) is 12.8 Å².